The molecule has 2 aliphatic rings. The van der Waals surface area contributed by atoms with Gasteiger partial charge in [0.05, 0.1) is 34.5 Å². The fourth-order valence-corrected chi connectivity index (χ4v) is 5.90. The molecule has 1 fully saturated rings. The van der Waals surface area contributed by atoms with E-state index in [1.807, 2.05) is 44.2 Å². The molecule has 1 aromatic carbocycles. The minimum Gasteiger partial charge on any atom is -0.393 e. The van der Waals surface area contributed by atoms with Crippen LogP contribution in [0.4, 0.5) is 17.1 Å². The molecule has 9 heteroatoms. The van der Waals surface area contributed by atoms with Gasteiger partial charge >= 0.3 is 0 Å². The number of aryl methyl sites for hydroxylation is 2. The normalized spacial score (nSPS) is 16.4. The van der Waals surface area contributed by atoms with Gasteiger partial charge in [-0.1, -0.05) is 0 Å². The summed E-state index contributed by atoms with van der Waals surface area (Å²) in [5.41, 5.74) is 7.40. The van der Waals surface area contributed by atoms with Gasteiger partial charge in [0.25, 0.3) is 5.56 Å². The maximum Gasteiger partial charge on any atom is 0.253 e. The van der Waals surface area contributed by atoms with Crippen LogP contribution in [0.15, 0.2) is 41.5 Å². The summed E-state index contributed by atoms with van der Waals surface area (Å²) < 4.78 is 1.76. The number of fused-ring (bicyclic) bond motifs is 2. The average Bonchev–Trinajstić information content (AvgIpc) is 2.94. The van der Waals surface area contributed by atoms with Crippen molar-refractivity contribution in [3.63, 3.8) is 0 Å². The van der Waals surface area contributed by atoms with Crippen molar-refractivity contribution in [3.05, 3.63) is 63.8 Å². The lowest BCUT2D eigenvalue weighted by atomic mass is 9.88. The van der Waals surface area contributed by atoms with E-state index in [1.165, 1.54) is 11.8 Å². The maximum atomic E-state index is 13.0. The topological polar surface area (TPSA) is 97.6 Å². The first-order valence-corrected chi connectivity index (χ1v) is 13.5. The van der Waals surface area contributed by atoms with Gasteiger partial charge in [0, 0.05) is 83.2 Å². The number of aromatic nitrogens is 2. The number of nitrogens with zero attached hydrogens (tertiary/aromatic N) is 5. The van der Waals surface area contributed by atoms with Gasteiger partial charge in [-0.2, -0.15) is 0 Å². The summed E-state index contributed by atoms with van der Waals surface area (Å²) in [6.45, 7) is 6.60. The molecule has 0 unspecified atom stereocenters. The highest BCUT2D eigenvalue weighted by Gasteiger charge is 2.28. The number of likely N-dealkylation sites (N-methyl/N-ethyl adjacent to an activating group) is 1. The molecule has 0 atom stereocenters. The van der Waals surface area contributed by atoms with Crippen molar-refractivity contribution in [2.24, 2.45) is 7.05 Å². The Hall–Kier alpha value is -4.14. The average molecular weight is 528 g/mol. The van der Waals surface area contributed by atoms with Crippen molar-refractivity contribution < 1.29 is 4.79 Å². The van der Waals surface area contributed by atoms with Crippen LogP contribution >= 0.6 is 0 Å². The van der Waals surface area contributed by atoms with Crippen LogP contribution in [0.25, 0.3) is 16.5 Å². The molecule has 2 aromatic heterocycles. The zero-order chi connectivity index (χ0) is 27.8. The molecule has 5 rings (SSSR count). The molecule has 9 nitrogen and oxygen atoms in total. The van der Waals surface area contributed by atoms with E-state index in [4.69, 9.17) is 10.4 Å². The minimum atomic E-state index is 0.0116. The Bertz CT molecular complexity index is 1530. The largest absolute Gasteiger partial charge is 0.393 e. The zero-order valence-corrected chi connectivity index (χ0v) is 23.4. The molecule has 2 aliphatic heterocycles. The first-order valence-electron chi connectivity index (χ1n) is 13.5. The number of carbonyl (C=O) groups is 1. The standard InChI is InChI=1S/C30H37N7O2/c1-19-12-24-26(35(5)30(19)39)13-22(21-6-8-36(9-7-21)20(2)38)14-27(24)37-11-10-34(4)28-15-25(33-18-29(28)37)23(16-31)17-32-3/h12-18,21,31-32H,6-11H2,1-5H3/b23-17+,31-16?. The Kier molecular flexibility index (Phi) is 7.16. The van der Waals surface area contributed by atoms with Gasteiger partial charge in [-0.05, 0) is 55.5 Å². The number of hydrogen-bond acceptors (Lipinski definition) is 7. The van der Waals surface area contributed by atoms with E-state index >= 15 is 0 Å². The monoisotopic (exact) mass is 527 g/mol. The molecule has 2 N–H and O–H groups in total. The van der Waals surface area contributed by atoms with Crippen LogP contribution in [-0.4, -0.2) is 66.8 Å². The number of nitrogens with one attached hydrogen (secondary N) is 2. The van der Waals surface area contributed by atoms with E-state index in [-0.39, 0.29) is 11.5 Å². The van der Waals surface area contributed by atoms with Crippen molar-refractivity contribution in [2.75, 3.05) is 50.1 Å². The molecular formula is C30H37N7O2. The Balaban J connectivity index is 1.66. The highest BCUT2D eigenvalue weighted by atomic mass is 16.2. The van der Waals surface area contributed by atoms with E-state index in [9.17, 15) is 9.59 Å². The smallest absolute Gasteiger partial charge is 0.253 e. The third kappa shape index (κ3) is 4.77. The van der Waals surface area contributed by atoms with Crippen LogP contribution in [0.1, 0.15) is 42.5 Å². The molecule has 1 amide bonds. The van der Waals surface area contributed by atoms with E-state index in [2.05, 4.69) is 34.3 Å². The van der Waals surface area contributed by atoms with Crippen molar-refractivity contribution in [1.82, 2.24) is 19.8 Å². The first-order chi connectivity index (χ1) is 18.7. The molecule has 4 heterocycles. The van der Waals surface area contributed by atoms with Gasteiger partial charge in [-0.25, -0.2) is 0 Å². The molecule has 39 heavy (non-hydrogen) atoms. The quantitative estimate of drug-likeness (QED) is 0.491. The predicted octanol–water partition coefficient (Wildman–Crippen LogP) is 3.77. The van der Waals surface area contributed by atoms with Crippen LogP contribution in [0, 0.1) is 12.3 Å². The Morgan fingerprint density at radius 1 is 1.05 bits per heavy atom. The maximum absolute atomic E-state index is 13.0. The lowest BCUT2D eigenvalue weighted by Gasteiger charge is -2.38. The molecular weight excluding hydrogens is 490 g/mol. The van der Waals surface area contributed by atoms with Gasteiger partial charge in [0.2, 0.25) is 5.91 Å². The van der Waals surface area contributed by atoms with Gasteiger partial charge in [0.15, 0.2) is 0 Å². The Morgan fingerprint density at radius 3 is 2.46 bits per heavy atom. The number of benzene rings is 1. The minimum absolute atomic E-state index is 0.0116. The summed E-state index contributed by atoms with van der Waals surface area (Å²) in [5.74, 6) is 0.441. The van der Waals surface area contributed by atoms with Crippen molar-refractivity contribution in [3.8, 4) is 0 Å². The van der Waals surface area contributed by atoms with Gasteiger partial charge < -0.3 is 30.0 Å². The lowest BCUT2D eigenvalue weighted by molar-refractivity contribution is -0.129. The number of anilines is 3. The Labute approximate surface area is 229 Å². The second-order valence-electron chi connectivity index (χ2n) is 10.6. The highest BCUT2D eigenvalue weighted by molar-refractivity contribution is 6.08. The van der Waals surface area contributed by atoms with Gasteiger partial charge in [-0.15, -0.1) is 0 Å². The summed E-state index contributed by atoms with van der Waals surface area (Å²) in [6, 6.07) is 8.51. The summed E-state index contributed by atoms with van der Waals surface area (Å²) >= 11 is 0. The number of carbonyl (C=O) groups excluding carboxylic acids is 1. The number of pyridine rings is 2. The summed E-state index contributed by atoms with van der Waals surface area (Å²) in [5, 5.41) is 11.9. The predicted molar refractivity (Wildman–Crippen MR) is 158 cm³/mol. The number of allylic oxidation sites excluding steroid dienone is 1. The van der Waals surface area contributed by atoms with E-state index in [1.54, 1.807) is 17.7 Å². The molecule has 1 saturated heterocycles. The second kappa shape index (κ2) is 10.6. The third-order valence-electron chi connectivity index (χ3n) is 8.20. The van der Waals surface area contributed by atoms with Crippen molar-refractivity contribution in [2.45, 2.75) is 32.6 Å². The number of amides is 1. The molecule has 0 saturated carbocycles. The van der Waals surface area contributed by atoms with Crippen LogP contribution in [0.5, 0.6) is 0 Å². The van der Waals surface area contributed by atoms with Crippen molar-refractivity contribution >= 4 is 45.7 Å². The highest BCUT2D eigenvalue weighted by Crippen LogP contribution is 2.42. The SMILES string of the molecule is CN/C=C(\C=N)c1cc2c(cn1)N(c1cc(C3CCN(C(C)=O)CC3)cc3c1cc(C)c(=O)n3C)CCN2C. The van der Waals surface area contributed by atoms with Crippen LogP contribution in [-0.2, 0) is 11.8 Å². The molecule has 0 bridgehead atoms. The van der Waals surface area contributed by atoms with E-state index in [0.29, 0.717) is 17.1 Å². The molecule has 0 aliphatic carbocycles. The molecule has 0 radical (unpaired) electrons. The summed E-state index contributed by atoms with van der Waals surface area (Å²) in [4.78, 5) is 36.1. The van der Waals surface area contributed by atoms with Crippen LogP contribution in [0.3, 0.4) is 0 Å². The fraction of sp³-hybridized carbons (Fsp3) is 0.400. The number of hydrogen-bond donors (Lipinski definition) is 2. The molecule has 204 valence electrons. The van der Waals surface area contributed by atoms with Gasteiger partial charge in [-0.3, -0.25) is 14.6 Å². The Morgan fingerprint density at radius 2 is 1.79 bits per heavy atom. The number of piperidine rings is 1. The second-order valence-corrected chi connectivity index (χ2v) is 10.6. The van der Waals surface area contributed by atoms with Crippen LogP contribution in [0.2, 0.25) is 0 Å². The van der Waals surface area contributed by atoms with Crippen LogP contribution < -0.4 is 20.7 Å². The fourth-order valence-electron chi connectivity index (χ4n) is 5.90. The number of rotatable bonds is 5. The zero-order valence-electron chi connectivity index (χ0n) is 23.4. The first kappa shape index (κ1) is 26.5. The van der Waals surface area contributed by atoms with Crippen molar-refractivity contribution in [1.29, 1.82) is 5.41 Å². The van der Waals surface area contributed by atoms with E-state index < -0.39 is 0 Å². The summed E-state index contributed by atoms with van der Waals surface area (Å²) in [6.07, 6.45) is 6.78. The molecule has 3 aromatic rings. The molecule has 0 spiro atoms. The van der Waals surface area contributed by atoms with Gasteiger partial charge in [0.1, 0.15) is 0 Å². The number of likely N-dealkylation sites (tertiary alicyclic amines) is 1. The van der Waals surface area contributed by atoms with E-state index in [0.717, 1.165) is 72.7 Å². The third-order valence-corrected chi connectivity index (χ3v) is 8.20. The lowest BCUT2D eigenvalue weighted by Crippen LogP contribution is -2.37. The summed E-state index contributed by atoms with van der Waals surface area (Å²) in [7, 11) is 5.74.